The van der Waals surface area contributed by atoms with E-state index in [4.69, 9.17) is 9.47 Å². The number of carbonyl (C=O) groups is 1. The first-order valence-electron chi connectivity index (χ1n) is 9.51. The molecule has 0 aliphatic heterocycles. The molecule has 0 radical (unpaired) electrons. The molecule has 0 atom stereocenters. The van der Waals surface area contributed by atoms with Crippen molar-refractivity contribution in [3.63, 3.8) is 0 Å². The van der Waals surface area contributed by atoms with Crippen LogP contribution in [0.1, 0.15) is 50.7 Å². The number of rotatable bonds is 8. The molecule has 2 aromatic rings. The molecule has 0 heterocycles. The van der Waals surface area contributed by atoms with Gasteiger partial charge < -0.3 is 14.6 Å². The van der Waals surface area contributed by atoms with Crippen LogP contribution in [-0.4, -0.2) is 17.9 Å². The summed E-state index contributed by atoms with van der Waals surface area (Å²) in [5.41, 5.74) is -0.283. The molecular weight excluding hydrogens is 380 g/mol. The normalized spacial score (nSPS) is 10.4. The Morgan fingerprint density at radius 1 is 1.17 bits per heavy atom. The Labute approximate surface area is 168 Å². The van der Waals surface area contributed by atoms with Gasteiger partial charge in [0, 0.05) is 11.1 Å². The van der Waals surface area contributed by atoms with E-state index in [9.17, 15) is 19.6 Å². The van der Waals surface area contributed by atoms with E-state index in [0.717, 1.165) is 43.9 Å². The molecule has 2 aromatic carbocycles. The van der Waals surface area contributed by atoms with E-state index in [2.05, 4.69) is 6.92 Å². The summed E-state index contributed by atoms with van der Waals surface area (Å²) in [7, 11) is 0. The van der Waals surface area contributed by atoms with Crippen LogP contribution in [0.2, 0.25) is 0 Å². The summed E-state index contributed by atoms with van der Waals surface area (Å²) < 4.78 is 38.7. The second-order valence-electron chi connectivity index (χ2n) is 6.47. The van der Waals surface area contributed by atoms with Gasteiger partial charge >= 0.3 is 6.16 Å². The highest BCUT2D eigenvalue weighted by Gasteiger charge is 2.23. The van der Waals surface area contributed by atoms with Gasteiger partial charge in [0.25, 0.3) is 0 Å². The second kappa shape index (κ2) is 10.4. The Balaban J connectivity index is 2.52. The number of hydrogen-bond acceptors (Lipinski definition) is 5. The molecule has 5 nitrogen and oxygen atoms in total. The highest BCUT2D eigenvalue weighted by atomic mass is 19.1. The average Bonchev–Trinajstić information content (AvgIpc) is 2.70. The van der Waals surface area contributed by atoms with Crippen LogP contribution in [0.3, 0.4) is 0 Å². The van der Waals surface area contributed by atoms with E-state index in [1.54, 1.807) is 6.92 Å². The maximum absolute atomic E-state index is 15.1. The number of ether oxygens (including phenoxy) is 2. The predicted molar refractivity (Wildman–Crippen MR) is 104 cm³/mol. The third kappa shape index (κ3) is 5.44. The van der Waals surface area contributed by atoms with Crippen molar-refractivity contribution in [2.45, 2.75) is 46.0 Å². The molecule has 1 N–H and O–H groups in total. The predicted octanol–water partition coefficient (Wildman–Crippen LogP) is 5.87. The third-order valence-electron chi connectivity index (χ3n) is 4.41. The van der Waals surface area contributed by atoms with E-state index < -0.39 is 23.5 Å². The fraction of sp³-hybridized carbons (Fsp3) is 0.364. The number of phenols is 1. The standard InChI is InChI=1S/C22H23F2NO4/c1-3-5-6-7-8-14-11-15(13-25)19(20(24)21(14)26)17-12-16(23)9-10-18(17)29-22(27)28-4-2/h9-12,26H,3-8H2,1-2H3. The molecule has 0 aliphatic carbocycles. The first-order chi connectivity index (χ1) is 13.9. The van der Waals surface area contributed by atoms with Crippen LogP contribution >= 0.6 is 0 Å². The van der Waals surface area contributed by atoms with Crippen LogP contribution in [0.5, 0.6) is 11.5 Å². The minimum Gasteiger partial charge on any atom is -0.505 e. The molecule has 7 heteroatoms. The SMILES string of the molecule is CCCCCCc1cc(C#N)c(-c2cc(F)ccc2OC(=O)OCC)c(F)c1O. The molecule has 0 saturated carbocycles. The van der Waals surface area contributed by atoms with Gasteiger partial charge in [0.2, 0.25) is 0 Å². The van der Waals surface area contributed by atoms with Gasteiger partial charge in [0.1, 0.15) is 11.6 Å². The fourth-order valence-corrected chi connectivity index (χ4v) is 3.00. The summed E-state index contributed by atoms with van der Waals surface area (Å²) in [4.78, 5) is 11.7. The van der Waals surface area contributed by atoms with Crippen molar-refractivity contribution in [2.24, 2.45) is 0 Å². The van der Waals surface area contributed by atoms with E-state index in [0.29, 0.717) is 12.0 Å². The lowest BCUT2D eigenvalue weighted by Crippen LogP contribution is -2.11. The second-order valence-corrected chi connectivity index (χ2v) is 6.47. The third-order valence-corrected chi connectivity index (χ3v) is 4.41. The number of aromatic hydroxyl groups is 1. The molecule has 29 heavy (non-hydrogen) atoms. The summed E-state index contributed by atoms with van der Waals surface area (Å²) in [6.45, 7) is 3.70. The average molecular weight is 403 g/mol. The summed E-state index contributed by atoms with van der Waals surface area (Å²) >= 11 is 0. The zero-order chi connectivity index (χ0) is 21.4. The quantitative estimate of drug-likeness (QED) is 0.339. The Morgan fingerprint density at radius 3 is 2.59 bits per heavy atom. The monoisotopic (exact) mass is 403 g/mol. The van der Waals surface area contributed by atoms with Crippen molar-refractivity contribution in [3.05, 3.63) is 47.0 Å². The van der Waals surface area contributed by atoms with Crippen LogP contribution < -0.4 is 4.74 Å². The Morgan fingerprint density at radius 2 is 1.93 bits per heavy atom. The van der Waals surface area contributed by atoms with Crippen molar-refractivity contribution < 1.29 is 28.2 Å². The first-order valence-corrected chi connectivity index (χ1v) is 9.51. The molecule has 0 saturated heterocycles. The number of nitrogens with zero attached hydrogens (tertiary/aromatic N) is 1. The molecule has 0 spiro atoms. The van der Waals surface area contributed by atoms with Gasteiger partial charge in [-0.2, -0.15) is 5.26 Å². The fourth-order valence-electron chi connectivity index (χ4n) is 3.00. The highest BCUT2D eigenvalue weighted by Crippen LogP contribution is 2.40. The van der Waals surface area contributed by atoms with Gasteiger partial charge in [-0.05, 0) is 49.6 Å². The highest BCUT2D eigenvalue weighted by molar-refractivity contribution is 5.80. The van der Waals surface area contributed by atoms with Crippen molar-refractivity contribution in [2.75, 3.05) is 6.61 Å². The van der Waals surface area contributed by atoms with E-state index in [1.807, 2.05) is 6.07 Å². The van der Waals surface area contributed by atoms with Crippen LogP contribution in [0.4, 0.5) is 13.6 Å². The van der Waals surface area contributed by atoms with Crippen molar-refractivity contribution in [1.29, 1.82) is 5.26 Å². The molecule has 0 fully saturated rings. The minimum atomic E-state index is -1.06. The Hall–Kier alpha value is -3.14. The first kappa shape index (κ1) is 22.2. The number of phenolic OH excluding ortho intramolecular Hbond substituents is 1. The lowest BCUT2D eigenvalue weighted by Gasteiger charge is -2.15. The molecule has 0 amide bonds. The molecule has 2 rings (SSSR count). The maximum Gasteiger partial charge on any atom is 0.513 e. The Kier molecular flexibility index (Phi) is 7.96. The topological polar surface area (TPSA) is 79.5 Å². The molecule has 0 unspecified atom stereocenters. The van der Waals surface area contributed by atoms with Crippen molar-refractivity contribution in [1.82, 2.24) is 0 Å². The maximum atomic E-state index is 15.1. The smallest absolute Gasteiger partial charge is 0.505 e. The van der Waals surface area contributed by atoms with E-state index in [1.165, 1.54) is 6.07 Å². The van der Waals surface area contributed by atoms with Crippen LogP contribution in [-0.2, 0) is 11.2 Å². The lowest BCUT2D eigenvalue weighted by atomic mass is 9.94. The largest absolute Gasteiger partial charge is 0.513 e. The van der Waals surface area contributed by atoms with Gasteiger partial charge in [-0.25, -0.2) is 13.6 Å². The van der Waals surface area contributed by atoms with E-state index in [-0.39, 0.29) is 29.0 Å². The zero-order valence-electron chi connectivity index (χ0n) is 16.4. The van der Waals surface area contributed by atoms with Gasteiger partial charge in [-0.1, -0.05) is 26.2 Å². The number of halogens is 2. The van der Waals surface area contributed by atoms with Gasteiger partial charge in [0.05, 0.1) is 18.2 Å². The van der Waals surface area contributed by atoms with Crippen LogP contribution in [0, 0.1) is 23.0 Å². The van der Waals surface area contributed by atoms with E-state index >= 15 is 4.39 Å². The number of benzene rings is 2. The van der Waals surface area contributed by atoms with Gasteiger partial charge in [-0.3, -0.25) is 0 Å². The number of nitriles is 1. The van der Waals surface area contributed by atoms with Crippen molar-refractivity contribution >= 4 is 6.16 Å². The molecular formula is C22H23F2NO4. The summed E-state index contributed by atoms with van der Waals surface area (Å²) in [5.74, 6) is -2.56. The number of aryl methyl sites for hydroxylation is 1. The van der Waals surface area contributed by atoms with Gasteiger partial charge in [0.15, 0.2) is 11.6 Å². The molecule has 154 valence electrons. The minimum absolute atomic E-state index is 0.0562. The zero-order valence-corrected chi connectivity index (χ0v) is 16.4. The molecule has 0 aromatic heterocycles. The number of hydrogen-bond donors (Lipinski definition) is 1. The lowest BCUT2D eigenvalue weighted by molar-refractivity contribution is 0.104. The number of unbranched alkanes of at least 4 members (excludes halogenated alkanes) is 3. The van der Waals surface area contributed by atoms with Crippen molar-refractivity contribution in [3.8, 4) is 28.7 Å². The summed E-state index contributed by atoms with van der Waals surface area (Å²) in [5, 5.41) is 19.9. The summed E-state index contributed by atoms with van der Waals surface area (Å²) in [6, 6.07) is 6.38. The van der Waals surface area contributed by atoms with Gasteiger partial charge in [-0.15, -0.1) is 0 Å². The molecule has 0 aliphatic rings. The van der Waals surface area contributed by atoms with Crippen LogP contribution in [0.15, 0.2) is 24.3 Å². The summed E-state index contributed by atoms with van der Waals surface area (Å²) in [6.07, 6.45) is 3.07. The Bertz CT molecular complexity index is 922. The number of carbonyl (C=O) groups excluding carboxylic acids is 1. The molecule has 0 bridgehead atoms. The van der Waals surface area contributed by atoms with Crippen LogP contribution in [0.25, 0.3) is 11.1 Å².